The van der Waals surface area contributed by atoms with Crippen LogP contribution >= 0.6 is 12.6 Å². The Bertz CT molecular complexity index is 391. The Morgan fingerprint density at radius 2 is 1.50 bits per heavy atom. The van der Waals surface area contributed by atoms with Gasteiger partial charge in [0.2, 0.25) is 0 Å². The molecule has 0 saturated carbocycles. The summed E-state index contributed by atoms with van der Waals surface area (Å²) in [5.41, 5.74) is 0. The number of aryl methyl sites for hydroxylation is 2. The predicted molar refractivity (Wildman–Crippen MR) is 57.2 cm³/mol. The Hall–Kier alpha value is -1.23. The van der Waals surface area contributed by atoms with Crippen LogP contribution in [0.3, 0.4) is 0 Å². The summed E-state index contributed by atoms with van der Waals surface area (Å²) in [6.45, 7) is 0. The molecule has 0 bridgehead atoms. The smallest absolute Gasteiger partial charge is 0.129 e. The monoisotopic (exact) mass is 208 g/mol. The highest BCUT2D eigenvalue weighted by Gasteiger charge is 2.17. The number of nitrogens with zero attached hydrogens (tertiary/aromatic N) is 4. The van der Waals surface area contributed by atoms with Gasteiger partial charge >= 0.3 is 0 Å². The SMILES string of the molecule is Cn1ccnc1C(S)c1nccn1C. The summed E-state index contributed by atoms with van der Waals surface area (Å²) < 4.78 is 3.90. The second-order valence-electron chi connectivity index (χ2n) is 3.20. The Labute approximate surface area is 88.0 Å². The third-order valence-corrected chi connectivity index (χ3v) is 2.67. The zero-order valence-corrected chi connectivity index (χ0v) is 9.02. The second kappa shape index (κ2) is 3.49. The molecule has 0 unspecified atom stereocenters. The molecule has 2 heterocycles. The maximum atomic E-state index is 4.51. The Morgan fingerprint density at radius 3 is 1.79 bits per heavy atom. The first kappa shape index (κ1) is 9.33. The average molecular weight is 208 g/mol. The van der Waals surface area contributed by atoms with Crippen molar-refractivity contribution in [3.8, 4) is 0 Å². The minimum absolute atomic E-state index is 0.0741. The minimum atomic E-state index is -0.0741. The largest absolute Gasteiger partial charge is 0.337 e. The molecule has 4 nitrogen and oxygen atoms in total. The van der Waals surface area contributed by atoms with Crippen LogP contribution in [0.25, 0.3) is 0 Å². The first-order chi connectivity index (χ1) is 6.70. The summed E-state index contributed by atoms with van der Waals surface area (Å²) in [6.07, 6.45) is 7.34. The molecule has 0 aromatic carbocycles. The fraction of sp³-hybridized carbons (Fsp3) is 0.333. The lowest BCUT2D eigenvalue weighted by Gasteiger charge is -2.10. The lowest BCUT2D eigenvalue weighted by molar-refractivity contribution is 0.748. The third-order valence-electron chi connectivity index (χ3n) is 2.21. The molecule has 2 aromatic heterocycles. The molecule has 14 heavy (non-hydrogen) atoms. The van der Waals surface area contributed by atoms with Crippen LogP contribution in [0.5, 0.6) is 0 Å². The highest BCUT2D eigenvalue weighted by Crippen LogP contribution is 2.24. The number of rotatable bonds is 2. The number of imidazole rings is 2. The molecule has 0 amide bonds. The molecule has 0 aliphatic carbocycles. The van der Waals surface area contributed by atoms with Gasteiger partial charge in [0.15, 0.2) is 0 Å². The molecule has 2 aromatic rings. The number of hydrogen-bond donors (Lipinski definition) is 1. The van der Waals surface area contributed by atoms with Gasteiger partial charge in [-0.15, -0.1) is 0 Å². The van der Waals surface area contributed by atoms with Crippen molar-refractivity contribution in [2.45, 2.75) is 5.25 Å². The van der Waals surface area contributed by atoms with E-state index >= 15 is 0 Å². The van der Waals surface area contributed by atoms with Gasteiger partial charge in [0, 0.05) is 38.9 Å². The first-order valence-corrected chi connectivity index (χ1v) is 4.84. The molecule has 0 fully saturated rings. The Kier molecular flexibility index (Phi) is 2.33. The van der Waals surface area contributed by atoms with Crippen LogP contribution in [0.15, 0.2) is 24.8 Å². The first-order valence-electron chi connectivity index (χ1n) is 4.32. The Morgan fingerprint density at radius 1 is 1.07 bits per heavy atom. The van der Waals surface area contributed by atoms with Crippen molar-refractivity contribution in [1.82, 2.24) is 19.1 Å². The fourth-order valence-corrected chi connectivity index (χ4v) is 1.89. The van der Waals surface area contributed by atoms with Crippen molar-refractivity contribution in [1.29, 1.82) is 0 Å². The average Bonchev–Trinajstić information content (AvgIpc) is 2.73. The van der Waals surface area contributed by atoms with E-state index in [1.54, 1.807) is 12.4 Å². The van der Waals surface area contributed by atoms with Crippen molar-refractivity contribution in [3.05, 3.63) is 36.4 Å². The fourth-order valence-electron chi connectivity index (χ4n) is 1.40. The van der Waals surface area contributed by atoms with Gasteiger partial charge in [0.1, 0.15) is 16.9 Å². The summed E-state index contributed by atoms with van der Waals surface area (Å²) in [6, 6.07) is 0. The van der Waals surface area contributed by atoms with Gasteiger partial charge in [-0.05, 0) is 0 Å². The van der Waals surface area contributed by atoms with Crippen LogP contribution in [-0.4, -0.2) is 19.1 Å². The van der Waals surface area contributed by atoms with Crippen LogP contribution in [-0.2, 0) is 14.1 Å². The molecule has 74 valence electrons. The van der Waals surface area contributed by atoms with E-state index in [0.717, 1.165) is 11.6 Å². The second-order valence-corrected chi connectivity index (χ2v) is 3.71. The third kappa shape index (κ3) is 1.43. The summed E-state index contributed by atoms with van der Waals surface area (Å²) >= 11 is 4.51. The van der Waals surface area contributed by atoms with Gasteiger partial charge in [-0.25, -0.2) is 9.97 Å². The van der Waals surface area contributed by atoms with Crippen molar-refractivity contribution < 1.29 is 0 Å². The van der Waals surface area contributed by atoms with Crippen LogP contribution in [0.1, 0.15) is 16.9 Å². The molecular formula is C9H12N4S. The van der Waals surface area contributed by atoms with Gasteiger partial charge in [-0.1, -0.05) is 0 Å². The quantitative estimate of drug-likeness (QED) is 0.752. The number of thiol groups is 1. The van der Waals surface area contributed by atoms with Crippen LogP contribution in [0, 0.1) is 0 Å². The lowest BCUT2D eigenvalue weighted by Crippen LogP contribution is -2.07. The molecule has 0 aliphatic rings. The van der Waals surface area contributed by atoms with E-state index in [-0.39, 0.29) is 5.25 Å². The zero-order chi connectivity index (χ0) is 10.1. The van der Waals surface area contributed by atoms with Gasteiger partial charge in [0.05, 0.1) is 0 Å². The molecule has 0 radical (unpaired) electrons. The zero-order valence-electron chi connectivity index (χ0n) is 8.12. The number of hydrogen-bond acceptors (Lipinski definition) is 3. The highest BCUT2D eigenvalue weighted by molar-refractivity contribution is 7.80. The van der Waals surface area contributed by atoms with E-state index in [0.29, 0.717) is 0 Å². The Balaban J connectivity index is 2.38. The molecule has 2 rings (SSSR count). The normalized spacial score (nSPS) is 11.1. The van der Waals surface area contributed by atoms with Gasteiger partial charge in [-0.3, -0.25) is 0 Å². The van der Waals surface area contributed by atoms with E-state index < -0.39 is 0 Å². The van der Waals surface area contributed by atoms with Crippen molar-refractivity contribution in [2.24, 2.45) is 14.1 Å². The van der Waals surface area contributed by atoms with Gasteiger partial charge in [-0.2, -0.15) is 12.6 Å². The van der Waals surface area contributed by atoms with Crippen LogP contribution < -0.4 is 0 Å². The molecule has 0 saturated heterocycles. The predicted octanol–water partition coefficient (Wildman–Crippen LogP) is 1.17. The summed E-state index contributed by atoms with van der Waals surface area (Å²) in [5.74, 6) is 1.81. The van der Waals surface area contributed by atoms with Gasteiger partial charge < -0.3 is 9.13 Å². The van der Waals surface area contributed by atoms with Crippen molar-refractivity contribution >= 4 is 12.6 Å². The van der Waals surface area contributed by atoms with Crippen LogP contribution in [0.2, 0.25) is 0 Å². The molecule has 0 aliphatic heterocycles. The maximum Gasteiger partial charge on any atom is 0.129 e. The van der Waals surface area contributed by atoms with E-state index in [9.17, 15) is 0 Å². The molecule has 5 heteroatoms. The summed E-state index contributed by atoms with van der Waals surface area (Å²) in [4.78, 5) is 8.49. The van der Waals surface area contributed by atoms with Crippen molar-refractivity contribution in [2.75, 3.05) is 0 Å². The topological polar surface area (TPSA) is 35.6 Å². The molecule has 0 N–H and O–H groups in total. The van der Waals surface area contributed by atoms with E-state index in [2.05, 4.69) is 22.6 Å². The summed E-state index contributed by atoms with van der Waals surface area (Å²) in [7, 11) is 3.91. The highest BCUT2D eigenvalue weighted by atomic mass is 32.1. The standard InChI is InChI=1S/C9H12N4S/c1-12-5-3-10-8(12)7(14)9-11-4-6-13(9)2/h3-7,14H,1-2H3. The number of aromatic nitrogens is 4. The van der Waals surface area contributed by atoms with E-state index in [1.807, 2.05) is 35.6 Å². The lowest BCUT2D eigenvalue weighted by atomic mass is 10.3. The maximum absolute atomic E-state index is 4.51. The van der Waals surface area contributed by atoms with E-state index in [1.165, 1.54) is 0 Å². The molecule has 0 spiro atoms. The van der Waals surface area contributed by atoms with Crippen LogP contribution in [0.4, 0.5) is 0 Å². The molecular weight excluding hydrogens is 196 g/mol. The van der Waals surface area contributed by atoms with Gasteiger partial charge in [0.25, 0.3) is 0 Å². The van der Waals surface area contributed by atoms with E-state index in [4.69, 9.17) is 0 Å². The summed E-state index contributed by atoms with van der Waals surface area (Å²) in [5, 5.41) is -0.0741. The molecule has 0 atom stereocenters. The minimum Gasteiger partial charge on any atom is -0.337 e. The van der Waals surface area contributed by atoms with Crippen molar-refractivity contribution in [3.63, 3.8) is 0 Å².